The number of carboxylic acids is 2. The summed E-state index contributed by atoms with van der Waals surface area (Å²) in [6.45, 7) is -0.314. The van der Waals surface area contributed by atoms with Crippen molar-refractivity contribution < 1.29 is 19.8 Å². The second-order valence-electron chi connectivity index (χ2n) is 2.45. The zero-order valence-electron chi connectivity index (χ0n) is 7.32. The molecule has 0 amide bonds. The number of hydrogen-bond acceptors (Lipinski definition) is 4. The van der Waals surface area contributed by atoms with Crippen LogP contribution in [0.5, 0.6) is 0 Å². The minimum atomic E-state index is -1.05. The molecule has 0 bridgehead atoms. The van der Waals surface area contributed by atoms with Crippen LogP contribution in [0, 0.1) is 0 Å². The van der Waals surface area contributed by atoms with Crippen molar-refractivity contribution in [3.63, 3.8) is 0 Å². The maximum absolute atomic E-state index is 10.6. The predicted octanol–water partition coefficient (Wildman–Crippen LogP) is -1.05. The molecule has 0 unspecified atom stereocenters. The SMILES string of the molecule is CSCC[C@H](NCC(=O)O)C(=O)O.[CaH2]. The van der Waals surface area contributed by atoms with Crippen molar-refractivity contribution in [3.8, 4) is 0 Å². The van der Waals surface area contributed by atoms with Crippen LogP contribution in [0.15, 0.2) is 0 Å². The van der Waals surface area contributed by atoms with E-state index in [2.05, 4.69) is 5.32 Å². The van der Waals surface area contributed by atoms with Crippen LogP contribution in [0.25, 0.3) is 0 Å². The molecule has 0 radical (unpaired) electrons. The Kier molecular flexibility index (Phi) is 12.1. The molecule has 80 valence electrons. The Morgan fingerprint density at radius 1 is 1.43 bits per heavy atom. The van der Waals surface area contributed by atoms with Crippen LogP contribution in [0.3, 0.4) is 0 Å². The molecule has 0 rings (SSSR count). The summed E-state index contributed by atoms with van der Waals surface area (Å²) in [6, 6.07) is -0.761. The molecule has 0 aromatic heterocycles. The van der Waals surface area contributed by atoms with E-state index >= 15 is 0 Å². The molecule has 3 N–H and O–H groups in total. The number of nitrogens with one attached hydrogen (secondary N) is 1. The van der Waals surface area contributed by atoms with Gasteiger partial charge in [-0.2, -0.15) is 11.8 Å². The number of thioether (sulfide) groups is 1. The van der Waals surface area contributed by atoms with Gasteiger partial charge < -0.3 is 10.2 Å². The molecule has 0 saturated heterocycles. The summed E-state index contributed by atoms with van der Waals surface area (Å²) in [5, 5.41) is 19.4. The molecule has 0 saturated carbocycles. The fraction of sp³-hybridized carbons (Fsp3) is 0.714. The normalized spacial score (nSPS) is 11.5. The first-order valence-electron chi connectivity index (χ1n) is 3.75. The number of rotatable bonds is 7. The Labute approximate surface area is 117 Å². The third kappa shape index (κ3) is 9.08. The van der Waals surface area contributed by atoms with Gasteiger partial charge in [0.25, 0.3) is 0 Å². The van der Waals surface area contributed by atoms with E-state index in [-0.39, 0.29) is 44.3 Å². The van der Waals surface area contributed by atoms with Gasteiger partial charge >= 0.3 is 49.7 Å². The number of hydrogen-bond donors (Lipinski definition) is 3. The molecular formula is C7H15CaNO4S. The van der Waals surface area contributed by atoms with Crippen molar-refractivity contribution >= 4 is 61.4 Å². The van der Waals surface area contributed by atoms with Crippen molar-refractivity contribution in [1.82, 2.24) is 5.32 Å². The molecule has 0 heterocycles. The summed E-state index contributed by atoms with van der Waals surface area (Å²) in [5.41, 5.74) is 0. The number of aliphatic carboxylic acids is 2. The van der Waals surface area contributed by atoms with Crippen molar-refractivity contribution in [2.75, 3.05) is 18.6 Å². The predicted molar refractivity (Wildman–Crippen MR) is 58.6 cm³/mol. The first-order valence-corrected chi connectivity index (χ1v) is 5.14. The van der Waals surface area contributed by atoms with Crippen LogP contribution in [-0.4, -0.2) is 84.5 Å². The van der Waals surface area contributed by atoms with Crippen LogP contribution in [0.2, 0.25) is 0 Å². The molecule has 0 aliphatic rings. The Balaban J connectivity index is 0. The van der Waals surface area contributed by atoms with Gasteiger partial charge in [0, 0.05) is 0 Å². The molecule has 0 aromatic carbocycles. The van der Waals surface area contributed by atoms with E-state index in [0.29, 0.717) is 12.2 Å². The van der Waals surface area contributed by atoms with Gasteiger partial charge in [0.1, 0.15) is 6.04 Å². The number of carboxylic acid groups (broad SMARTS) is 2. The van der Waals surface area contributed by atoms with Gasteiger partial charge in [-0.05, 0) is 18.4 Å². The van der Waals surface area contributed by atoms with Crippen molar-refractivity contribution in [2.24, 2.45) is 0 Å². The first kappa shape index (κ1) is 16.9. The van der Waals surface area contributed by atoms with Crippen molar-refractivity contribution in [2.45, 2.75) is 12.5 Å². The molecule has 5 nitrogen and oxygen atoms in total. The summed E-state index contributed by atoms with van der Waals surface area (Å²) in [7, 11) is 0. The zero-order chi connectivity index (χ0) is 10.3. The van der Waals surface area contributed by atoms with Gasteiger partial charge in [-0.1, -0.05) is 0 Å². The molecular weight excluding hydrogens is 234 g/mol. The molecule has 0 aliphatic heterocycles. The van der Waals surface area contributed by atoms with Crippen molar-refractivity contribution in [3.05, 3.63) is 0 Å². The average molecular weight is 249 g/mol. The van der Waals surface area contributed by atoms with Gasteiger partial charge in [-0.25, -0.2) is 0 Å². The van der Waals surface area contributed by atoms with Crippen LogP contribution < -0.4 is 5.32 Å². The number of carbonyl (C=O) groups is 2. The second kappa shape index (κ2) is 10.0. The fourth-order valence-electron chi connectivity index (χ4n) is 0.759. The minimum absolute atomic E-state index is 0. The van der Waals surface area contributed by atoms with E-state index in [0.717, 1.165) is 0 Å². The average Bonchev–Trinajstić information content (AvgIpc) is 2.03. The van der Waals surface area contributed by atoms with Gasteiger partial charge in [-0.15, -0.1) is 0 Å². The summed E-state index contributed by atoms with van der Waals surface area (Å²) in [4.78, 5) is 20.7. The zero-order valence-corrected chi connectivity index (χ0v) is 8.13. The van der Waals surface area contributed by atoms with Gasteiger partial charge in [0.05, 0.1) is 6.54 Å². The third-order valence-electron chi connectivity index (χ3n) is 1.41. The first-order chi connectivity index (χ1) is 6.07. The third-order valence-corrected chi connectivity index (χ3v) is 2.05. The Hall–Kier alpha value is 0.510. The van der Waals surface area contributed by atoms with E-state index < -0.39 is 18.0 Å². The summed E-state index contributed by atoms with van der Waals surface area (Å²) in [5.74, 6) is -1.35. The topological polar surface area (TPSA) is 86.6 Å². The summed E-state index contributed by atoms with van der Waals surface area (Å²) < 4.78 is 0. The Morgan fingerprint density at radius 3 is 2.36 bits per heavy atom. The van der Waals surface area contributed by atoms with Crippen LogP contribution in [0.4, 0.5) is 0 Å². The van der Waals surface area contributed by atoms with Gasteiger partial charge in [-0.3, -0.25) is 14.9 Å². The Bertz CT molecular complexity index is 191. The summed E-state index contributed by atoms with van der Waals surface area (Å²) in [6.07, 6.45) is 2.31. The van der Waals surface area contributed by atoms with Gasteiger partial charge in [0.15, 0.2) is 0 Å². The molecule has 14 heavy (non-hydrogen) atoms. The van der Waals surface area contributed by atoms with Crippen LogP contribution >= 0.6 is 11.8 Å². The summed E-state index contributed by atoms with van der Waals surface area (Å²) >= 11 is 1.53. The maximum atomic E-state index is 10.6. The van der Waals surface area contributed by atoms with E-state index in [1.165, 1.54) is 11.8 Å². The van der Waals surface area contributed by atoms with E-state index in [1.54, 1.807) is 0 Å². The fourth-order valence-corrected chi connectivity index (χ4v) is 1.23. The quantitative estimate of drug-likeness (QED) is 0.499. The van der Waals surface area contributed by atoms with Gasteiger partial charge in [0.2, 0.25) is 0 Å². The molecule has 0 aromatic rings. The van der Waals surface area contributed by atoms with E-state index in [9.17, 15) is 9.59 Å². The molecule has 0 spiro atoms. The molecule has 0 fully saturated rings. The molecule has 0 aliphatic carbocycles. The van der Waals surface area contributed by atoms with E-state index in [4.69, 9.17) is 10.2 Å². The van der Waals surface area contributed by atoms with E-state index in [1.807, 2.05) is 6.26 Å². The molecule has 7 heteroatoms. The molecule has 1 atom stereocenters. The second-order valence-corrected chi connectivity index (χ2v) is 3.43. The van der Waals surface area contributed by atoms with Crippen molar-refractivity contribution in [1.29, 1.82) is 0 Å². The van der Waals surface area contributed by atoms with Crippen LogP contribution in [0.1, 0.15) is 6.42 Å². The monoisotopic (exact) mass is 249 g/mol. The van der Waals surface area contributed by atoms with Crippen LogP contribution in [-0.2, 0) is 9.59 Å². The standard InChI is InChI=1S/C7H13NO4S.Ca.2H/c1-13-3-2-5(7(11)12)8-4-6(9)10;;;/h5,8H,2-4H2,1H3,(H,9,10)(H,11,12);;;/t5-;;;/m0.../s1. The Morgan fingerprint density at radius 2 is 2.00 bits per heavy atom.